The van der Waals surface area contributed by atoms with Gasteiger partial charge in [-0.3, -0.25) is 0 Å². The van der Waals surface area contributed by atoms with Crippen LogP contribution in [-0.2, 0) is 4.74 Å². The minimum Gasteiger partial charge on any atom is -0.380 e. The minimum absolute atomic E-state index is 0.421. The van der Waals surface area contributed by atoms with E-state index in [1.54, 1.807) is 0 Å². The fraction of sp³-hybridized carbons (Fsp3) is 1.00. The third-order valence-corrected chi connectivity index (χ3v) is 5.08. The SMILES string of the molecule is CN1C2CCC1CC(CNCC1(C)COC1)C2. The molecule has 3 heterocycles. The molecular weight excluding hydrogens is 212 g/mol. The molecule has 3 aliphatic rings. The average Bonchev–Trinajstić information content (AvgIpc) is 2.52. The lowest BCUT2D eigenvalue weighted by Gasteiger charge is -2.40. The van der Waals surface area contributed by atoms with Gasteiger partial charge in [0, 0.05) is 24.0 Å². The zero-order valence-corrected chi connectivity index (χ0v) is 11.2. The monoisotopic (exact) mass is 238 g/mol. The van der Waals surface area contributed by atoms with Gasteiger partial charge in [-0.15, -0.1) is 0 Å². The predicted molar refractivity (Wildman–Crippen MR) is 69.1 cm³/mol. The minimum atomic E-state index is 0.421. The van der Waals surface area contributed by atoms with Gasteiger partial charge in [-0.25, -0.2) is 0 Å². The lowest BCUT2D eigenvalue weighted by Crippen LogP contribution is -2.49. The summed E-state index contributed by atoms with van der Waals surface area (Å²) < 4.78 is 5.29. The van der Waals surface area contributed by atoms with Crippen molar-refractivity contribution in [2.24, 2.45) is 11.3 Å². The molecule has 0 aromatic rings. The lowest BCUT2D eigenvalue weighted by atomic mass is 9.87. The maximum atomic E-state index is 5.29. The summed E-state index contributed by atoms with van der Waals surface area (Å²) in [7, 11) is 2.32. The van der Waals surface area contributed by atoms with Crippen LogP contribution >= 0.6 is 0 Å². The summed E-state index contributed by atoms with van der Waals surface area (Å²) in [5.41, 5.74) is 0.421. The van der Waals surface area contributed by atoms with E-state index in [1.807, 2.05) is 0 Å². The number of ether oxygens (including phenoxy) is 1. The average molecular weight is 238 g/mol. The highest BCUT2D eigenvalue weighted by Gasteiger charge is 2.38. The number of piperidine rings is 1. The molecular formula is C14H26N2O. The molecule has 0 aliphatic carbocycles. The summed E-state index contributed by atoms with van der Waals surface area (Å²) in [5.74, 6) is 0.910. The highest BCUT2D eigenvalue weighted by Crippen LogP contribution is 2.37. The van der Waals surface area contributed by atoms with Crippen LogP contribution in [-0.4, -0.2) is 50.3 Å². The van der Waals surface area contributed by atoms with Gasteiger partial charge >= 0.3 is 0 Å². The summed E-state index contributed by atoms with van der Waals surface area (Å²) in [4.78, 5) is 2.62. The quantitative estimate of drug-likeness (QED) is 0.803. The molecule has 0 aromatic carbocycles. The van der Waals surface area contributed by atoms with Crippen molar-refractivity contribution in [3.63, 3.8) is 0 Å². The largest absolute Gasteiger partial charge is 0.380 e. The van der Waals surface area contributed by atoms with E-state index in [2.05, 4.69) is 24.2 Å². The summed E-state index contributed by atoms with van der Waals surface area (Å²) >= 11 is 0. The van der Waals surface area contributed by atoms with Crippen molar-refractivity contribution in [3.05, 3.63) is 0 Å². The Bertz CT molecular complexity index is 263. The molecule has 2 atom stereocenters. The van der Waals surface area contributed by atoms with E-state index in [-0.39, 0.29) is 0 Å². The Kier molecular flexibility index (Phi) is 3.18. The molecule has 0 saturated carbocycles. The number of nitrogens with zero attached hydrogens (tertiary/aromatic N) is 1. The second-order valence-electron chi connectivity index (χ2n) is 6.82. The molecule has 17 heavy (non-hydrogen) atoms. The number of fused-ring (bicyclic) bond motifs is 2. The van der Waals surface area contributed by atoms with Gasteiger partial charge in [0.25, 0.3) is 0 Å². The molecule has 3 fully saturated rings. The molecule has 2 bridgehead atoms. The Morgan fingerprint density at radius 3 is 2.41 bits per heavy atom. The lowest BCUT2D eigenvalue weighted by molar-refractivity contribution is -0.0994. The molecule has 3 nitrogen and oxygen atoms in total. The first-order valence-corrected chi connectivity index (χ1v) is 7.17. The first kappa shape index (κ1) is 11.9. The standard InChI is InChI=1S/C14H26N2O/c1-14(9-17-10-14)8-15-7-11-5-12-3-4-13(6-11)16(12)2/h11-13,15H,3-10H2,1-2H3. The summed E-state index contributed by atoms with van der Waals surface area (Å²) in [6, 6.07) is 1.76. The van der Waals surface area contributed by atoms with Gasteiger partial charge < -0.3 is 15.0 Å². The Morgan fingerprint density at radius 2 is 1.88 bits per heavy atom. The van der Waals surface area contributed by atoms with Gasteiger partial charge in [0.05, 0.1) is 13.2 Å². The molecule has 1 N–H and O–H groups in total. The smallest absolute Gasteiger partial charge is 0.0554 e. The molecule has 3 heteroatoms. The summed E-state index contributed by atoms with van der Waals surface area (Å²) in [5, 5.41) is 3.68. The van der Waals surface area contributed by atoms with Crippen molar-refractivity contribution >= 4 is 0 Å². The van der Waals surface area contributed by atoms with E-state index in [4.69, 9.17) is 4.74 Å². The van der Waals surface area contributed by atoms with E-state index in [1.165, 1.54) is 32.2 Å². The molecule has 0 amide bonds. The number of hydrogen-bond donors (Lipinski definition) is 1. The zero-order chi connectivity index (χ0) is 11.9. The molecule has 98 valence electrons. The van der Waals surface area contributed by atoms with Crippen LogP contribution in [0.3, 0.4) is 0 Å². The van der Waals surface area contributed by atoms with Crippen molar-refractivity contribution in [1.82, 2.24) is 10.2 Å². The van der Waals surface area contributed by atoms with E-state index in [0.717, 1.165) is 37.8 Å². The molecule has 0 aromatic heterocycles. The van der Waals surface area contributed by atoms with E-state index >= 15 is 0 Å². The first-order valence-electron chi connectivity index (χ1n) is 7.17. The van der Waals surface area contributed by atoms with Crippen LogP contribution in [0.25, 0.3) is 0 Å². The maximum Gasteiger partial charge on any atom is 0.0554 e. The van der Waals surface area contributed by atoms with Crippen LogP contribution in [0.15, 0.2) is 0 Å². The first-order chi connectivity index (χ1) is 8.16. The van der Waals surface area contributed by atoms with Crippen molar-refractivity contribution in [2.45, 2.75) is 44.7 Å². The van der Waals surface area contributed by atoms with Crippen LogP contribution in [0, 0.1) is 11.3 Å². The molecule has 0 spiro atoms. The fourth-order valence-corrected chi connectivity index (χ4v) is 3.82. The third-order valence-electron chi connectivity index (χ3n) is 5.08. The Hall–Kier alpha value is -0.120. The van der Waals surface area contributed by atoms with Gasteiger partial charge in [0.2, 0.25) is 0 Å². The Morgan fingerprint density at radius 1 is 1.24 bits per heavy atom. The van der Waals surface area contributed by atoms with Crippen LogP contribution in [0.1, 0.15) is 32.6 Å². The topological polar surface area (TPSA) is 24.5 Å². The molecule has 3 aliphatic heterocycles. The van der Waals surface area contributed by atoms with E-state index in [9.17, 15) is 0 Å². The molecule has 3 rings (SSSR count). The normalized spacial score (nSPS) is 40.2. The highest BCUT2D eigenvalue weighted by atomic mass is 16.5. The van der Waals surface area contributed by atoms with Crippen LogP contribution in [0.2, 0.25) is 0 Å². The number of hydrogen-bond acceptors (Lipinski definition) is 3. The van der Waals surface area contributed by atoms with Crippen LogP contribution in [0.5, 0.6) is 0 Å². The van der Waals surface area contributed by atoms with Gasteiger partial charge in [-0.05, 0) is 45.2 Å². The van der Waals surface area contributed by atoms with Crippen LogP contribution in [0.4, 0.5) is 0 Å². The van der Waals surface area contributed by atoms with Crippen LogP contribution < -0.4 is 5.32 Å². The fourth-order valence-electron chi connectivity index (χ4n) is 3.82. The maximum absolute atomic E-state index is 5.29. The molecule has 3 saturated heterocycles. The second-order valence-corrected chi connectivity index (χ2v) is 6.82. The van der Waals surface area contributed by atoms with Crippen molar-refractivity contribution < 1.29 is 4.74 Å². The Balaban J connectivity index is 1.41. The van der Waals surface area contributed by atoms with Gasteiger partial charge in [-0.1, -0.05) is 6.92 Å². The predicted octanol–water partition coefficient (Wildman–Crippen LogP) is 1.49. The third kappa shape index (κ3) is 2.38. The second kappa shape index (κ2) is 4.52. The number of nitrogens with one attached hydrogen (secondary N) is 1. The van der Waals surface area contributed by atoms with Gasteiger partial charge in [0.1, 0.15) is 0 Å². The summed E-state index contributed by atoms with van der Waals surface area (Å²) in [6.07, 6.45) is 5.69. The Labute approximate surface area is 105 Å². The molecule has 2 unspecified atom stereocenters. The highest BCUT2D eigenvalue weighted by molar-refractivity contribution is 4.94. The molecule has 0 radical (unpaired) electrons. The number of rotatable bonds is 4. The van der Waals surface area contributed by atoms with Gasteiger partial charge in [0.15, 0.2) is 0 Å². The van der Waals surface area contributed by atoms with E-state index in [0.29, 0.717) is 5.41 Å². The zero-order valence-electron chi connectivity index (χ0n) is 11.2. The van der Waals surface area contributed by atoms with Crippen molar-refractivity contribution in [1.29, 1.82) is 0 Å². The van der Waals surface area contributed by atoms with Gasteiger partial charge in [-0.2, -0.15) is 0 Å². The van der Waals surface area contributed by atoms with Crippen molar-refractivity contribution in [2.75, 3.05) is 33.4 Å². The summed E-state index contributed by atoms with van der Waals surface area (Å²) in [6.45, 7) is 6.56. The van der Waals surface area contributed by atoms with Crippen molar-refractivity contribution in [3.8, 4) is 0 Å². The van der Waals surface area contributed by atoms with E-state index < -0.39 is 0 Å².